The lowest BCUT2D eigenvalue weighted by atomic mass is 10.1. The summed E-state index contributed by atoms with van der Waals surface area (Å²) >= 11 is 1.42. The molecule has 2 aromatic rings. The van der Waals surface area contributed by atoms with Crippen molar-refractivity contribution in [3.63, 3.8) is 0 Å². The number of amides is 1. The predicted molar refractivity (Wildman–Crippen MR) is 99.7 cm³/mol. The van der Waals surface area contributed by atoms with Crippen LogP contribution in [-0.2, 0) is 11.2 Å². The molecule has 0 spiro atoms. The van der Waals surface area contributed by atoms with E-state index in [4.69, 9.17) is 0 Å². The molecule has 1 aliphatic rings. The van der Waals surface area contributed by atoms with Gasteiger partial charge >= 0.3 is 0 Å². The molecule has 1 amide bonds. The zero-order valence-electron chi connectivity index (χ0n) is 13.4. The van der Waals surface area contributed by atoms with Gasteiger partial charge in [-0.25, -0.2) is 0 Å². The van der Waals surface area contributed by atoms with Gasteiger partial charge in [-0.1, -0.05) is 30.8 Å². The minimum absolute atomic E-state index is 0.0400. The molecule has 0 saturated carbocycles. The Labute approximate surface area is 145 Å². The predicted octanol–water partition coefficient (Wildman–Crippen LogP) is 3.52. The molecule has 0 aliphatic carbocycles. The molecule has 0 saturated heterocycles. The maximum absolute atomic E-state index is 12.0. The van der Waals surface area contributed by atoms with Crippen LogP contribution >= 0.6 is 11.8 Å². The lowest BCUT2D eigenvalue weighted by molar-refractivity contribution is -0.113. The van der Waals surface area contributed by atoms with E-state index in [1.165, 1.54) is 17.3 Å². The summed E-state index contributed by atoms with van der Waals surface area (Å²) in [5.41, 5.74) is 3.93. The highest BCUT2D eigenvalue weighted by molar-refractivity contribution is 8.14. The Morgan fingerprint density at radius 2 is 2.04 bits per heavy atom. The summed E-state index contributed by atoms with van der Waals surface area (Å²) < 4.78 is 0. The average Bonchev–Trinajstić information content (AvgIpc) is 3.10. The Morgan fingerprint density at radius 1 is 1.21 bits per heavy atom. The van der Waals surface area contributed by atoms with Gasteiger partial charge in [-0.2, -0.15) is 5.10 Å². The van der Waals surface area contributed by atoms with E-state index in [1.54, 1.807) is 12.4 Å². The minimum Gasteiger partial charge on any atom is -0.325 e. The molecule has 0 radical (unpaired) electrons. The Hall–Kier alpha value is -2.47. The number of benzene rings is 1. The first-order valence-electron chi connectivity index (χ1n) is 7.80. The van der Waals surface area contributed by atoms with E-state index in [2.05, 4.69) is 27.4 Å². The van der Waals surface area contributed by atoms with Crippen molar-refractivity contribution >= 4 is 34.1 Å². The van der Waals surface area contributed by atoms with Crippen molar-refractivity contribution in [3.8, 4) is 0 Å². The highest BCUT2D eigenvalue weighted by Crippen LogP contribution is 2.19. The molecular weight excluding hydrogens is 320 g/mol. The molecule has 5 nitrogen and oxygen atoms in total. The van der Waals surface area contributed by atoms with E-state index in [-0.39, 0.29) is 5.91 Å². The Balaban J connectivity index is 1.46. The number of thioether (sulfide) groups is 1. The van der Waals surface area contributed by atoms with Crippen molar-refractivity contribution < 1.29 is 4.79 Å². The van der Waals surface area contributed by atoms with Gasteiger partial charge < -0.3 is 5.32 Å². The number of anilines is 1. The van der Waals surface area contributed by atoms with Crippen LogP contribution in [-0.4, -0.2) is 27.4 Å². The van der Waals surface area contributed by atoms with E-state index >= 15 is 0 Å². The molecule has 0 bridgehead atoms. The van der Waals surface area contributed by atoms with E-state index in [1.807, 2.05) is 36.4 Å². The van der Waals surface area contributed by atoms with Gasteiger partial charge in [-0.3, -0.25) is 9.78 Å². The summed E-state index contributed by atoms with van der Waals surface area (Å²) in [5.74, 6) is 0.284. The van der Waals surface area contributed by atoms with Crippen LogP contribution in [0, 0.1) is 0 Å². The number of nitrogens with zero attached hydrogens (tertiary/aromatic N) is 3. The number of nitrogens with one attached hydrogen (secondary N) is 1. The first-order valence-corrected chi connectivity index (χ1v) is 8.78. The first-order chi connectivity index (χ1) is 11.7. The number of aryl methyl sites for hydroxylation is 1. The molecular formula is C18H18N4OS. The average molecular weight is 338 g/mol. The molecule has 1 aliphatic heterocycles. The van der Waals surface area contributed by atoms with Crippen LogP contribution in [0.1, 0.15) is 24.5 Å². The summed E-state index contributed by atoms with van der Waals surface area (Å²) in [5, 5.41) is 12.1. The molecule has 3 rings (SSSR count). The molecule has 2 heterocycles. The third-order valence-corrected chi connectivity index (χ3v) is 4.58. The number of aromatic nitrogens is 1. The minimum atomic E-state index is -0.0400. The van der Waals surface area contributed by atoms with Crippen molar-refractivity contribution in [3.05, 3.63) is 59.9 Å². The number of hydrogen-bond donors (Lipinski definition) is 1. The molecule has 0 atom stereocenters. The topological polar surface area (TPSA) is 66.7 Å². The van der Waals surface area contributed by atoms with Crippen LogP contribution in [0.4, 0.5) is 5.69 Å². The lowest BCUT2D eigenvalue weighted by Crippen LogP contribution is -2.15. The smallest absolute Gasteiger partial charge is 0.234 e. The highest BCUT2D eigenvalue weighted by atomic mass is 32.2. The fourth-order valence-corrected chi connectivity index (χ4v) is 2.98. The van der Waals surface area contributed by atoms with Gasteiger partial charge in [0.1, 0.15) is 5.04 Å². The van der Waals surface area contributed by atoms with Gasteiger partial charge in [-0.05, 0) is 36.2 Å². The van der Waals surface area contributed by atoms with Gasteiger partial charge in [0.2, 0.25) is 5.91 Å². The molecule has 0 fully saturated rings. The Morgan fingerprint density at radius 3 is 2.75 bits per heavy atom. The van der Waals surface area contributed by atoms with Crippen LogP contribution in [0.3, 0.4) is 0 Å². The third kappa shape index (κ3) is 4.29. The van der Waals surface area contributed by atoms with Crippen molar-refractivity contribution in [2.75, 3.05) is 11.1 Å². The van der Waals surface area contributed by atoms with Gasteiger partial charge in [0.05, 0.1) is 11.5 Å². The number of carbonyl (C=O) groups is 1. The lowest BCUT2D eigenvalue weighted by Gasteiger charge is -2.06. The van der Waals surface area contributed by atoms with Crippen LogP contribution < -0.4 is 5.32 Å². The summed E-state index contributed by atoms with van der Waals surface area (Å²) in [6.07, 6.45) is 5.14. The van der Waals surface area contributed by atoms with Crippen LogP contribution in [0.15, 0.2) is 59.0 Å². The summed E-state index contributed by atoms with van der Waals surface area (Å²) in [7, 11) is 0. The second-order valence-electron chi connectivity index (χ2n) is 5.35. The quantitative estimate of drug-likeness (QED) is 0.907. The molecule has 6 heteroatoms. The molecule has 1 aromatic carbocycles. The van der Waals surface area contributed by atoms with Gasteiger partial charge in [0.25, 0.3) is 0 Å². The fraction of sp³-hybridized carbons (Fsp3) is 0.222. The second-order valence-corrected chi connectivity index (χ2v) is 6.39. The monoisotopic (exact) mass is 338 g/mol. The standard InChI is InChI=1S/C18H18N4OS/c1-2-13-5-7-15(8-6-13)20-17(23)12-24-18-10-16(21-22-18)14-4-3-9-19-11-14/h3-9,11H,2,10,12H2,1H3,(H,20,23). The SMILES string of the molecule is CCc1ccc(NC(=O)CSC2=NN=C(c3cccnc3)C2)cc1. The largest absolute Gasteiger partial charge is 0.325 e. The van der Waals surface area contributed by atoms with Crippen LogP contribution in [0.2, 0.25) is 0 Å². The normalized spacial score (nSPS) is 13.4. The number of rotatable bonds is 5. The van der Waals surface area contributed by atoms with Crippen molar-refractivity contribution in [2.24, 2.45) is 10.2 Å². The number of carbonyl (C=O) groups excluding carboxylic acids is 1. The number of pyridine rings is 1. The van der Waals surface area contributed by atoms with Gasteiger partial charge in [-0.15, -0.1) is 5.10 Å². The summed E-state index contributed by atoms with van der Waals surface area (Å²) in [6.45, 7) is 2.11. The number of hydrogen-bond acceptors (Lipinski definition) is 5. The fourth-order valence-electron chi connectivity index (χ4n) is 2.27. The summed E-state index contributed by atoms with van der Waals surface area (Å²) in [6, 6.07) is 11.7. The zero-order chi connectivity index (χ0) is 16.8. The van der Waals surface area contributed by atoms with E-state index in [0.29, 0.717) is 12.2 Å². The van der Waals surface area contributed by atoms with E-state index in [9.17, 15) is 4.79 Å². The molecule has 24 heavy (non-hydrogen) atoms. The van der Waals surface area contributed by atoms with Gasteiger partial charge in [0, 0.05) is 30.1 Å². The second kappa shape index (κ2) is 7.88. The Kier molecular flexibility index (Phi) is 5.38. The van der Waals surface area contributed by atoms with Crippen molar-refractivity contribution in [2.45, 2.75) is 19.8 Å². The molecule has 122 valence electrons. The molecule has 1 N–H and O–H groups in total. The maximum Gasteiger partial charge on any atom is 0.234 e. The maximum atomic E-state index is 12.0. The Bertz CT molecular complexity index is 769. The van der Waals surface area contributed by atoms with Crippen molar-refractivity contribution in [1.82, 2.24) is 4.98 Å². The molecule has 1 aromatic heterocycles. The first kappa shape index (κ1) is 16.4. The zero-order valence-corrected chi connectivity index (χ0v) is 14.2. The van der Waals surface area contributed by atoms with E-state index < -0.39 is 0 Å². The molecule has 0 unspecified atom stereocenters. The van der Waals surface area contributed by atoms with Crippen LogP contribution in [0.25, 0.3) is 0 Å². The van der Waals surface area contributed by atoms with Crippen LogP contribution in [0.5, 0.6) is 0 Å². The van der Waals surface area contributed by atoms with Gasteiger partial charge in [0.15, 0.2) is 0 Å². The van der Waals surface area contributed by atoms with E-state index in [0.717, 1.165) is 28.4 Å². The van der Waals surface area contributed by atoms with Crippen molar-refractivity contribution in [1.29, 1.82) is 0 Å². The summed E-state index contributed by atoms with van der Waals surface area (Å²) in [4.78, 5) is 16.1. The third-order valence-electron chi connectivity index (χ3n) is 3.61. The highest BCUT2D eigenvalue weighted by Gasteiger charge is 2.16.